The quantitative estimate of drug-likeness (QED) is 0.936. The van der Waals surface area contributed by atoms with E-state index in [0.717, 1.165) is 30.1 Å². The molecule has 1 aliphatic heterocycles. The third kappa shape index (κ3) is 3.00. The maximum absolute atomic E-state index is 5.73. The van der Waals surface area contributed by atoms with Gasteiger partial charge in [-0.15, -0.1) is 0 Å². The van der Waals surface area contributed by atoms with Crippen LogP contribution in [0.4, 0.5) is 0 Å². The minimum absolute atomic E-state index is 0.237. The highest BCUT2D eigenvalue weighted by Crippen LogP contribution is 2.36. The molecular weight excluding hydrogens is 264 g/mol. The molecule has 1 aromatic heterocycles. The highest BCUT2D eigenvalue weighted by molar-refractivity contribution is 5.43. The van der Waals surface area contributed by atoms with Gasteiger partial charge in [0.25, 0.3) is 0 Å². The van der Waals surface area contributed by atoms with Gasteiger partial charge in [0, 0.05) is 36.5 Å². The molecule has 2 aromatic rings. The van der Waals surface area contributed by atoms with Crippen LogP contribution in [0.25, 0.3) is 0 Å². The van der Waals surface area contributed by atoms with Crippen LogP contribution >= 0.6 is 0 Å². The summed E-state index contributed by atoms with van der Waals surface area (Å²) in [6.07, 6.45) is 4.65. The van der Waals surface area contributed by atoms with Gasteiger partial charge in [0.05, 0.1) is 13.7 Å². The Labute approximate surface area is 125 Å². The molecule has 1 aliphatic rings. The molecule has 4 nitrogen and oxygen atoms in total. The Morgan fingerprint density at radius 2 is 2.29 bits per heavy atom. The highest BCUT2D eigenvalue weighted by Gasteiger charge is 2.23. The van der Waals surface area contributed by atoms with E-state index in [2.05, 4.69) is 29.4 Å². The Morgan fingerprint density at radius 3 is 3.05 bits per heavy atom. The number of hydrogen-bond donors (Lipinski definition) is 1. The van der Waals surface area contributed by atoms with Crippen LogP contribution in [0.2, 0.25) is 0 Å². The summed E-state index contributed by atoms with van der Waals surface area (Å²) in [5.41, 5.74) is 2.35. The molecule has 3 rings (SSSR count). The SMILES string of the molecule is COc1ccc2c(c1)C(NC(C)c1cccnc1)CCO2. The molecule has 0 fully saturated rings. The molecule has 0 amide bonds. The summed E-state index contributed by atoms with van der Waals surface area (Å²) < 4.78 is 11.1. The molecule has 110 valence electrons. The molecule has 2 heterocycles. The number of aromatic nitrogens is 1. The number of pyridine rings is 1. The van der Waals surface area contributed by atoms with Gasteiger partial charge in [0.2, 0.25) is 0 Å². The second-order valence-electron chi connectivity index (χ2n) is 5.27. The Balaban J connectivity index is 1.81. The van der Waals surface area contributed by atoms with Gasteiger partial charge >= 0.3 is 0 Å². The van der Waals surface area contributed by atoms with Crippen LogP contribution in [0.1, 0.15) is 36.6 Å². The monoisotopic (exact) mass is 284 g/mol. The fourth-order valence-corrected chi connectivity index (χ4v) is 2.70. The lowest BCUT2D eigenvalue weighted by atomic mass is 9.98. The number of benzene rings is 1. The predicted molar refractivity (Wildman–Crippen MR) is 81.6 cm³/mol. The third-order valence-electron chi connectivity index (χ3n) is 3.89. The zero-order valence-corrected chi connectivity index (χ0v) is 12.4. The number of ether oxygens (including phenoxy) is 2. The van der Waals surface area contributed by atoms with Crippen molar-refractivity contribution in [3.8, 4) is 11.5 Å². The predicted octanol–water partition coefficient (Wildman–Crippen LogP) is 3.26. The average molecular weight is 284 g/mol. The van der Waals surface area contributed by atoms with Crippen LogP contribution in [-0.2, 0) is 0 Å². The molecule has 0 saturated carbocycles. The number of hydrogen-bond acceptors (Lipinski definition) is 4. The van der Waals surface area contributed by atoms with Gasteiger partial charge in [0.15, 0.2) is 0 Å². The standard InChI is InChI=1S/C17H20N2O2/c1-12(13-4-3-8-18-11-13)19-16-7-9-21-17-6-5-14(20-2)10-15(16)17/h3-6,8,10-12,16,19H,7,9H2,1-2H3. The van der Waals surface area contributed by atoms with Crippen molar-refractivity contribution >= 4 is 0 Å². The van der Waals surface area contributed by atoms with Crippen molar-refractivity contribution in [3.05, 3.63) is 53.9 Å². The van der Waals surface area contributed by atoms with Crippen LogP contribution in [0.3, 0.4) is 0 Å². The topological polar surface area (TPSA) is 43.4 Å². The van der Waals surface area contributed by atoms with Gasteiger partial charge in [-0.25, -0.2) is 0 Å². The number of rotatable bonds is 4. The summed E-state index contributed by atoms with van der Waals surface area (Å²) in [6, 6.07) is 10.5. The maximum Gasteiger partial charge on any atom is 0.124 e. The Kier molecular flexibility index (Phi) is 4.06. The van der Waals surface area contributed by atoms with Crippen molar-refractivity contribution in [1.82, 2.24) is 10.3 Å². The van der Waals surface area contributed by atoms with Gasteiger partial charge in [-0.2, -0.15) is 0 Å². The van der Waals surface area contributed by atoms with Crippen molar-refractivity contribution in [2.75, 3.05) is 13.7 Å². The molecule has 0 aliphatic carbocycles. The molecule has 1 aromatic carbocycles. The highest BCUT2D eigenvalue weighted by atomic mass is 16.5. The van der Waals surface area contributed by atoms with E-state index in [0.29, 0.717) is 0 Å². The fourth-order valence-electron chi connectivity index (χ4n) is 2.70. The van der Waals surface area contributed by atoms with Gasteiger partial charge in [0.1, 0.15) is 11.5 Å². The zero-order valence-electron chi connectivity index (χ0n) is 12.4. The molecule has 0 bridgehead atoms. The normalized spacial score (nSPS) is 18.5. The van der Waals surface area contributed by atoms with Gasteiger partial charge < -0.3 is 14.8 Å². The first-order valence-corrected chi connectivity index (χ1v) is 7.24. The Morgan fingerprint density at radius 1 is 1.38 bits per heavy atom. The second-order valence-corrected chi connectivity index (χ2v) is 5.27. The van der Waals surface area contributed by atoms with Gasteiger partial charge in [-0.1, -0.05) is 6.07 Å². The largest absolute Gasteiger partial charge is 0.497 e. The van der Waals surface area contributed by atoms with Crippen molar-refractivity contribution in [1.29, 1.82) is 0 Å². The van der Waals surface area contributed by atoms with E-state index in [1.54, 1.807) is 13.3 Å². The van der Waals surface area contributed by atoms with E-state index in [9.17, 15) is 0 Å². The molecular formula is C17H20N2O2. The maximum atomic E-state index is 5.73. The molecule has 0 radical (unpaired) electrons. The zero-order chi connectivity index (χ0) is 14.7. The van der Waals surface area contributed by atoms with Crippen molar-refractivity contribution in [2.45, 2.75) is 25.4 Å². The van der Waals surface area contributed by atoms with Crippen LogP contribution in [-0.4, -0.2) is 18.7 Å². The molecule has 4 heteroatoms. The van der Waals surface area contributed by atoms with Crippen molar-refractivity contribution in [2.24, 2.45) is 0 Å². The average Bonchev–Trinajstić information content (AvgIpc) is 2.55. The van der Waals surface area contributed by atoms with E-state index in [-0.39, 0.29) is 12.1 Å². The first-order valence-electron chi connectivity index (χ1n) is 7.24. The Bertz CT molecular complexity index is 601. The van der Waals surface area contributed by atoms with Crippen LogP contribution < -0.4 is 14.8 Å². The van der Waals surface area contributed by atoms with Crippen LogP contribution in [0.5, 0.6) is 11.5 Å². The van der Waals surface area contributed by atoms with Crippen LogP contribution in [0, 0.1) is 0 Å². The van der Waals surface area contributed by atoms with Gasteiger partial charge in [-0.3, -0.25) is 4.98 Å². The molecule has 1 N–H and O–H groups in total. The summed E-state index contributed by atoms with van der Waals surface area (Å²) in [6.45, 7) is 2.89. The van der Waals surface area contributed by atoms with E-state index < -0.39 is 0 Å². The lowest BCUT2D eigenvalue weighted by Crippen LogP contribution is -2.29. The summed E-state index contributed by atoms with van der Waals surface area (Å²) in [5.74, 6) is 1.80. The van der Waals surface area contributed by atoms with Crippen molar-refractivity contribution < 1.29 is 9.47 Å². The molecule has 0 spiro atoms. The minimum atomic E-state index is 0.237. The summed E-state index contributed by atoms with van der Waals surface area (Å²) >= 11 is 0. The van der Waals surface area contributed by atoms with E-state index in [4.69, 9.17) is 9.47 Å². The second kappa shape index (κ2) is 6.14. The molecule has 2 unspecified atom stereocenters. The smallest absolute Gasteiger partial charge is 0.124 e. The number of fused-ring (bicyclic) bond motifs is 1. The first-order chi connectivity index (χ1) is 10.3. The van der Waals surface area contributed by atoms with Crippen molar-refractivity contribution in [3.63, 3.8) is 0 Å². The van der Waals surface area contributed by atoms with Gasteiger partial charge in [-0.05, 0) is 36.8 Å². The Hall–Kier alpha value is -2.07. The molecule has 21 heavy (non-hydrogen) atoms. The lowest BCUT2D eigenvalue weighted by Gasteiger charge is -2.29. The van der Waals surface area contributed by atoms with E-state index in [1.165, 1.54) is 5.56 Å². The molecule has 2 atom stereocenters. The summed E-state index contributed by atoms with van der Waals surface area (Å²) in [7, 11) is 1.69. The molecule has 0 saturated heterocycles. The summed E-state index contributed by atoms with van der Waals surface area (Å²) in [5, 5.41) is 3.67. The van der Waals surface area contributed by atoms with Crippen LogP contribution in [0.15, 0.2) is 42.7 Å². The third-order valence-corrected chi connectivity index (χ3v) is 3.89. The minimum Gasteiger partial charge on any atom is -0.497 e. The fraction of sp³-hybridized carbons (Fsp3) is 0.353. The number of nitrogens with one attached hydrogen (secondary N) is 1. The van der Waals surface area contributed by atoms with E-state index >= 15 is 0 Å². The lowest BCUT2D eigenvalue weighted by molar-refractivity contribution is 0.245. The van der Waals surface area contributed by atoms with E-state index in [1.807, 2.05) is 24.4 Å². The first kappa shape index (κ1) is 13.9. The number of methoxy groups -OCH3 is 1. The summed E-state index contributed by atoms with van der Waals surface area (Å²) in [4.78, 5) is 4.19. The number of nitrogens with zero attached hydrogens (tertiary/aromatic N) is 1.